The maximum atomic E-state index is 12.9. The summed E-state index contributed by atoms with van der Waals surface area (Å²) in [5.41, 5.74) is 3.15. The number of hydrogen-bond acceptors (Lipinski definition) is 6. The molecule has 0 aromatic heterocycles. The molecule has 0 aliphatic rings. The summed E-state index contributed by atoms with van der Waals surface area (Å²) in [4.78, 5) is 16.7. The Morgan fingerprint density at radius 2 is 1.63 bits per heavy atom. The molecule has 30 heavy (non-hydrogen) atoms. The van der Waals surface area contributed by atoms with E-state index in [1.54, 1.807) is 26.0 Å². The van der Waals surface area contributed by atoms with Crippen LogP contribution < -0.4 is 10.2 Å². The van der Waals surface area contributed by atoms with Crippen molar-refractivity contribution in [2.24, 2.45) is 0 Å². The lowest BCUT2D eigenvalue weighted by Crippen LogP contribution is -2.41. The van der Waals surface area contributed by atoms with Gasteiger partial charge in [-0.3, -0.25) is 14.8 Å². The van der Waals surface area contributed by atoms with Crippen molar-refractivity contribution in [3.63, 3.8) is 0 Å². The maximum Gasteiger partial charge on any atom is 0.265 e. The number of carbonyl (C=O) groups excluding carboxylic acids is 1. The maximum absolute atomic E-state index is 12.9. The molecule has 0 radical (unpaired) electrons. The largest absolute Gasteiger partial charge is 0.494 e. The van der Waals surface area contributed by atoms with E-state index in [0.29, 0.717) is 11.1 Å². The second-order valence-electron chi connectivity index (χ2n) is 6.91. The van der Waals surface area contributed by atoms with Gasteiger partial charge in [-0.25, -0.2) is 13.9 Å². The Morgan fingerprint density at radius 1 is 1.07 bits per heavy atom. The molecule has 0 saturated heterocycles. The van der Waals surface area contributed by atoms with Gasteiger partial charge in [0.2, 0.25) is 0 Å². The number of ether oxygens (including phenoxy) is 1. The quantitative estimate of drug-likeness (QED) is 0.318. The highest BCUT2D eigenvalue weighted by molar-refractivity contribution is 7.89. The summed E-state index contributed by atoms with van der Waals surface area (Å²) in [7, 11) is -4.10. The predicted molar refractivity (Wildman–Crippen MR) is 112 cm³/mol. The molecule has 0 aliphatic carbocycles. The number of hydroxylamine groups is 2. The van der Waals surface area contributed by atoms with Gasteiger partial charge in [0.15, 0.2) is 0 Å². The fraction of sp³-hybridized carbons (Fsp3) is 0.381. The number of nitrogens with one attached hydrogen (secondary N) is 1. The molecule has 0 fully saturated rings. The highest BCUT2D eigenvalue weighted by Gasteiger charge is 2.28. The molecule has 2 aromatic rings. The van der Waals surface area contributed by atoms with E-state index in [0.717, 1.165) is 29.7 Å². The fourth-order valence-corrected chi connectivity index (χ4v) is 3.87. The number of sulfonamides is 1. The fourth-order valence-electron chi connectivity index (χ4n) is 2.58. The third-order valence-corrected chi connectivity index (χ3v) is 5.72. The first-order valence-corrected chi connectivity index (χ1v) is 11.2. The zero-order valence-electron chi connectivity index (χ0n) is 17.4. The second-order valence-corrected chi connectivity index (χ2v) is 8.73. The molecule has 9 heteroatoms. The molecule has 2 aromatic carbocycles. The Kier molecular flexibility index (Phi) is 8.79. The Bertz CT molecular complexity index is 912. The molecular weight excluding hydrogens is 408 g/mol. The van der Waals surface area contributed by atoms with Gasteiger partial charge in [-0.15, -0.1) is 0 Å². The van der Waals surface area contributed by atoms with Crippen molar-refractivity contribution in [3.8, 4) is 16.9 Å². The normalized spacial score (nSPS) is 11.7. The van der Waals surface area contributed by atoms with Crippen LogP contribution in [0.2, 0.25) is 0 Å². The summed E-state index contributed by atoms with van der Waals surface area (Å²) in [6.45, 7) is 5.38. The van der Waals surface area contributed by atoms with Crippen LogP contribution in [0.4, 0.5) is 0 Å². The van der Waals surface area contributed by atoms with Crippen molar-refractivity contribution < 1.29 is 28.0 Å². The van der Waals surface area contributed by atoms with Crippen molar-refractivity contribution in [1.29, 1.82) is 0 Å². The van der Waals surface area contributed by atoms with Crippen LogP contribution in [-0.2, 0) is 19.7 Å². The van der Waals surface area contributed by atoms with Crippen molar-refractivity contribution in [2.75, 3.05) is 13.2 Å². The third-order valence-electron chi connectivity index (χ3n) is 4.10. The standard InChI is InChI=1S/C21H28N2O6S/c1-4-5-14-28-19-10-6-17(7-11-19)18-8-12-20(13-9-18)30(26,27)23(29-16(2)3)15-21(24)22-25/h6-13,16,25H,4-5,14-15H2,1-3H3,(H,22,24). The Balaban J connectivity index is 2.19. The van der Waals surface area contributed by atoms with Gasteiger partial charge in [0, 0.05) is 0 Å². The molecule has 0 spiro atoms. The van der Waals surface area contributed by atoms with E-state index in [4.69, 9.17) is 14.8 Å². The molecule has 2 rings (SSSR count). The van der Waals surface area contributed by atoms with E-state index in [1.807, 2.05) is 24.3 Å². The lowest BCUT2D eigenvalue weighted by Gasteiger charge is -2.22. The summed E-state index contributed by atoms with van der Waals surface area (Å²) < 4.78 is 31.9. The van der Waals surface area contributed by atoms with Gasteiger partial charge < -0.3 is 4.74 Å². The second kappa shape index (κ2) is 11.1. The third kappa shape index (κ3) is 6.53. The highest BCUT2D eigenvalue weighted by atomic mass is 32.2. The van der Waals surface area contributed by atoms with Crippen LogP contribution in [-0.4, -0.2) is 43.3 Å². The number of unbranched alkanes of at least 4 members (excludes halogenated alkanes) is 1. The number of rotatable bonds is 11. The summed E-state index contributed by atoms with van der Waals surface area (Å²) in [6.07, 6.45) is 1.58. The Labute approximate surface area is 177 Å². The van der Waals surface area contributed by atoms with E-state index in [1.165, 1.54) is 17.6 Å². The Morgan fingerprint density at radius 3 is 2.13 bits per heavy atom. The van der Waals surface area contributed by atoms with Gasteiger partial charge in [-0.1, -0.05) is 42.1 Å². The summed E-state index contributed by atoms with van der Waals surface area (Å²) >= 11 is 0. The summed E-state index contributed by atoms with van der Waals surface area (Å²) in [5.74, 6) is -0.118. The minimum Gasteiger partial charge on any atom is -0.494 e. The van der Waals surface area contributed by atoms with Crippen molar-refractivity contribution >= 4 is 15.9 Å². The summed E-state index contributed by atoms with van der Waals surface area (Å²) in [5, 5.41) is 8.71. The molecule has 0 unspecified atom stereocenters. The van der Waals surface area contributed by atoms with Crippen LogP contribution in [0.25, 0.3) is 11.1 Å². The zero-order valence-corrected chi connectivity index (χ0v) is 18.2. The summed E-state index contributed by atoms with van der Waals surface area (Å²) in [6, 6.07) is 13.8. The smallest absolute Gasteiger partial charge is 0.265 e. The minimum absolute atomic E-state index is 0.0304. The van der Waals surface area contributed by atoms with Gasteiger partial charge in [0.25, 0.3) is 15.9 Å². The molecule has 0 atom stereocenters. The van der Waals surface area contributed by atoms with Crippen LogP contribution in [0.15, 0.2) is 53.4 Å². The van der Waals surface area contributed by atoms with Crippen molar-refractivity contribution in [2.45, 2.75) is 44.6 Å². The van der Waals surface area contributed by atoms with Crippen molar-refractivity contribution in [1.82, 2.24) is 9.95 Å². The average Bonchev–Trinajstić information content (AvgIpc) is 2.73. The number of amides is 1. The topological polar surface area (TPSA) is 105 Å². The zero-order chi connectivity index (χ0) is 22.1. The highest BCUT2D eigenvalue weighted by Crippen LogP contribution is 2.25. The van der Waals surface area contributed by atoms with Gasteiger partial charge >= 0.3 is 0 Å². The Hall–Kier alpha value is -2.46. The van der Waals surface area contributed by atoms with Gasteiger partial charge in [0.05, 0.1) is 17.6 Å². The molecule has 8 nitrogen and oxygen atoms in total. The first-order valence-electron chi connectivity index (χ1n) is 9.73. The molecule has 0 aliphatic heterocycles. The lowest BCUT2D eigenvalue weighted by atomic mass is 10.1. The van der Waals surface area contributed by atoms with Crippen LogP contribution in [0.1, 0.15) is 33.6 Å². The molecule has 0 heterocycles. The van der Waals surface area contributed by atoms with Gasteiger partial charge in [-0.2, -0.15) is 0 Å². The van der Waals surface area contributed by atoms with Gasteiger partial charge in [-0.05, 0) is 55.7 Å². The number of benzene rings is 2. The number of nitrogens with zero attached hydrogens (tertiary/aromatic N) is 1. The number of carbonyl (C=O) groups is 1. The van der Waals surface area contributed by atoms with Crippen LogP contribution in [0, 0.1) is 0 Å². The van der Waals surface area contributed by atoms with E-state index < -0.39 is 28.6 Å². The average molecular weight is 437 g/mol. The molecule has 1 amide bonds. The SMILES string of the molecule is CCCCOc1ccc(-c2ccc(S(=O)(=O)N(CC(=O)NO)OC(C)C)cc2)cc1. The molecule has 164 valence electrons. The van der Waals surface area contributed by atoms with E-state index in [-0.39, 0.29) is 4.90 Å². The van der Waals surface area contributed by atoms with Crippen LogP contribution in [0.3, 0.4) is 0 Å². The van der Waals surface area contributed by atoms with E-state index in [9.17, 15) is 13.2 Å². The first kappa shape index (κ1) is 23.8. The molecule has 0 saturated carbocycles. The predicted octanol–water partition coefficient (Wildman–Crippen LogP) is 3.37. The van der Waals surface area contributed by atoms with Crippen molar-refractivity contribution in [3.05, 3.63) is 48.5 Å². The molecule has 0 bridgehead atoms. The van der Waals surface area contributed by atoms with Crippen LogP contribution >= 0.6 is 0 Å². The van der Waals surface area contributed by atoms with E-state index in [2.05, 4.69) is 6.92 Å². The molecular formula is C21H28N2O6S. The van der Waals surface area contributed by atoms with Gasteiger partial charge in [0.1, 0.15) is 12.3 Å². The van der Waals surface area contributed by atoms with E-state index >= 15 is 0 Å². The monoisotopic (exact) mass is 436 g/mol. The minimum atomic E-state index is -4.10. The first-order chi connectivity index (χ1) is 14.3. The number of hydrogen-bond donors (Lipinski definition) is 2. The lowest BCUT2D eigenvalue weighted by molar-refractivity contribution is -0.149. The molecule has 2 N–H and O–H groups in total. The van der Waals surface area contributed by atoms with Crippen LogP contribution in [0.5, 0.6) is 5.75 Å².